The fraction of sp³-hybridized carbons (Fsp3) is 0.636. The number of hydrogen-bond donors (Lipinski definition) is 2. The molecule has 0 spiro atoms. The molecule has 0 aromatic carbocycles. The Balaban J connectivity index is 1.94. The number of nitrogens with two attached hydrogens (primary N) is 1. The van der Waals surface area contributed by atoms with Gasteiger partial charge in [-0.1, -0.05) is 0 Å². The van der Waals surface area contributed by atoms with Crippen molar-refractivity contribution in [3.63, 3.8) is 0 Å². The molecule has 0 unspecified atom stereocenters. The van der Waals surface area contributed by atoms with Gasteiger partial charge in [-0.15, -0.1) is 0 Å². The van der Waals surface area contributed by atoms with Crippen molar-refractivity contribution < 1.29 is 4.74 Å². The molecule has 0 saturated carbocycles. The van der Waals surface area contributed by atoms with Gasteiger partial charge in [-0.3, -0.25) is 0 Å². The minimum Gasteiger partial charge on any atom is -0.378 e. The van der Waals surface area contributed by atoms with Crippen molar-refractivity contribution in [1.82, 2.24) is 9.97 Å². The largest absolute Gasteiger partial charge is 0.378 e. The maximum Gasteiger partial charge on any atom is 0.227 e. The van der Waals surface area contributed by atoms with Crippen LogP contribution in [0.15, 0.2) is 0 Å². The molecule has 1 aliphatic carbocycles. The average Bonchev–Trinajstić information content (AvgIpc) is 2.86. The summed E-state index contributed by atoms with van der Waals surface area (Å²) in [5.74, 6) is 7.10. The molecule has 3 rings (SSSR count). The van der Waals surface area contributed by atoms with E-state index >= 15 is 0 Å². The van der Waals surface area contributed by atoms with Crippen LogP contribution in [0.2, 0.25) is 0 Å². The van der Waals surface area contributed by atoms with Gasteiger partial charge in [0, 0.05) is 18.7 Å². The summed E-state index contributed by atoms with van der Waals surface area (Å²) in [7, 11) is 0. The van der Waals surface area contributed by atoms with E-state index in [9.17, 15) is 0 Å². The number of nitrogens with zero attached hydrogens (tertiary/aromatic N) is 3. The van der Waals surface area contributed by atoms with Crippen molar-refractivity contribution in [1.29, 1.82) is 0 Å². The summed E-state index contributed by atoms with van der Waals surface area (Å²) in [4.78, 5) is 11.3. The molecule has 1 fully saturated rings. The molecule has 3 N–H and O–H groups in total. The highest BCUT2D eigenvalue weighted by molar-refractivity contribution is 5.52. The topological polar surface area (TPSA) is 76.3 Å². The summed E-state index contributed by atoms with van der Waals surface area (Å²) in [6, 6.07) is 0. The van der Waals surface area contributed by atoms with Crippen LogP contribution in [0.3, 0.4) is 0 Å². The highest BCUT2D eigenvalue weighted by Crippen LogP contribution is 2.28. The third kappa shape index (κ3) is 1.94. The predicted molar refractivity (Wildman–Crippen MR) is 64.9 cm³/mol. The number of nitrogen functional groups attached to an aromatic ring is 1. The maximum atomic E-state index is 5.54. The lowest BCUT2D eigenvalue weighted by atomic mass is 10.2. The van der Waals surface area contributed by atoms with E-state index in [0.29, 0.717) is 0 Å². The molecule has 6 heteroatoms. The van der Waals surface area contributed by atoms with Crippen molar-refractivity contribution in [3.05, 3.63) is 11.3 Å². The highest BCUT2D eigenvalue weighted by Gasteiger charge is 2.22. The molecule has 1 saturated heterocycles. The lowest BCUT2D eigenvalue weighted by Crippen LogP contribution is -2.37. The van der Waals surface area contributed by atoms with Gasteiger partial charge in [-0.2, -0.15) is 4.98 Å². The number of fused-ring (bicyclic) bond motifs is 1. The van der Waals surface area contributed by atoms with E-state index in [0.717, 1.165) is 63.0 Å². The van der Waals surface area contributed by atoms with Gasteiger partial charge in [0.15, 0.2) is 0 Å². The molecule has 92 valence electrons. The van der Waals surface area contributed by atoms with Gasteiger partial charge >= 0.3 is 0 Å². The zero-order valence-electron chi connectivity index (χ0n) is 9.78. The first-order chi connectivity index (χ1) is 8.38. The highest BCUT2D eigenvalue weighted by atomic mass is 16.5. The molecule has 1 aliphatic heterocycles. The van der Waals surface area contributed by atoms with E-state index in [4.69, 9.17) is 10.6 Å². The van der Waals surface area contributed by atoms with Crippen LogP contribution < -0.4 is 16.2 Å². The summed E-state index contributed by atoms with van der Waals surface area (Å²) >= 11 is 0. The zero-order valence-corrected chi connectivity index (χ0v) is 9.78. The van der Waals surface area contributed by atoms with Crippen LogP contribution in [-0.2, 0) is 17.6 Å². The molecule has 2 aliphatic rings. The Morgan fingerprint density at radius 2 is 2.00 bits per heavy atom. The standard InChI is InChI=1S/C11H17N5O/c12-15-10-8-2-1-3-9(8)13-11(14-10)16-4-6-17-7-5-16/h1-7,12H2,(H,13,14,15). The number of rotatable bonds is 2. The van der Waals surface area contributed by atoms with Crippen molar-refractivity contribution in [2.45, 2.75) is 19.3 Å². The molecule has 17 heavy (non-hydrogen) atoms. The van der Waals surface area contributed by atoms with Gasteiger partial charge in [-0.25, -0.2) is 10.8 Å². The average molecular weight is 235 g/mol. The number of aromatic nitrogens is 2. The van der Waals surface area contributed by atoms with Gasteiger partial charge in [0.25, 0.3) is 0 Å². The first kappa shape index (κ1) is 10.7. The van der Waals surface area contributed by atoms with Gasteiger partial charge < -0.3 is 15.1 Å². The third-order valence-electron chi connectivity index (χ3n) is 3.35. The minimum absolute atomic E-state index is 0.742. The summed E-state index contributed by atoms with van der Waals surface area (Å²) < 4.78 is 5.33. The number of nitrogens with one attached hydrogen (secondary N) is 1. The SMILES string of the molecule is NNc1nc(N2CCOCC2)nc2c1CCC2. The molecule has 2 heterocycles. The van der Waals surface area contributed by atoms with E-state index in [1.54, 1.807) is 0 Å². The van der Waals surface area contributed by atoms with E-state index in [1.165, 1.54) is 5.56 Å². The number of ether oxygens (including phenoxy) is 1. The third-order valence-corrected chi connectivity index (χ3v) is 3.35. The van der Waals surface area contributed by atoms with Crippen LogP contribution in [0, 0.1) is 0 Å². The Hall–Kier alpha value is -1.40. The van der Waals surface area contributed by atoms with Crippen LogP contribution in [0.4, 0.5) is 11.8 Å². The molecular formula is C11H17N5O. The van der Waals surface area contributed by atoms with E-state index in [-0.39, 0.29) is 0 Å². The molecule has 0 radical (unpaired) electrons. The quantitative estimate of drug-likeness (QED) is 0.559. The molecule has 0 amide bonds. The number of morpholine rings is 1. The lowest BCUT2D eigenvalue weighted by Gasteiger charge is -2.27. The number of anilines is 2. The van der Waals surface area contributed by atoms with Crippen molar-refractivity contribution in [3.8, 4) is 0 Å². The van der Waals surface area contributed by atoms with Gasteiger partial charge in [-0.05, 0) is 19.3 Å². The monoisotopic (exact) mass is 235 g/mol. The second-order valence-corrected chi connectivity index (χ2v) is 4.39. The van der Waals surface area contributed by atoms with Crippen LogP contribution in [0.1, 0.15) is 17.7 Å². The van der Waals surface area contributed by atoms with Crippen LogP contribution in [-0.4, -0.2) is 36.3 Å². The summed E-state index contributed by atoms with van der Waals surface area (Å²) in [6.45, 7) is 3.18. The Morgan fingerprint density at radius 1 is 1.18 bits per heavy atom. The minimum atomic E-state index is 0.742. The Bertz CT molecular complexity index is 417. The number of aryl methyl sites for hydroxylation is 1. The van der Waals surface area contributed by atoms with E-state index < -0.39 is 0 Å². The van der Waals surface area contributed by atoms with Crippen LogP contribution in [0.25, 0.3) is 0 Å². The molecule has 1 aromatic rings. The Labute approximate surface area is 100 Å². The zero-order chi connectivity index (χ0) is 11.7. The molecule has 0 bridgehead atoms. The Morgan fingerprint density at radius 3 is 2.76 bits per heavy atom. The van der Waals surface area contributed by atoms with Crippen molar-refractivity contribution in [2.24, 2.45) is 5.84 Å². The first-order valence-electron chi connectivity index (χ1n) is 6.07. The number of hydrogen-bond acceptors (Lipinski definition) is 6. The molecule has 0 atom stereocenters. The number of hydrazine groups is 1. The molecule has 1 aromatic heterocycles. The van der Waals surface area contributed by atoms with Gasteiger partial charge in [0.1, 0.15) is 5.82 Å². The first-order valence-corrected chi connectivity index (χ1v) is 6.07. The van der Waals surface area contributed by atoms with Crippen LogP contribution >= 0.6 is 0 Å². The van der Waals surface area contributed by atoms with Gasteiger partial charge in [0.05, 0.1) is 18.9 Å². The van der Waals surface area contributed by atoms with E-state index in [1.807, 2.05) is 0 Å². The summed E-state index contributed by atoms with van der Waals surface area (Å²) in [5, 5.41) is 0. The fourth-order valence-electron chi connectivity index (χ4n) is 2.44. The fourth-order valence-corrected chi connectivity index (χ4v) is 2.44. The maximum absolute atomic E-state index is 5.54. The lowest BCUT2D eigenvalue weighted by molar-refractivity contribution is 0.122. The summed E-state index contributed by atoms with van der Waals surface area (Å²) in [5.41, 5.74) is 5.03. The van der Waals surface area contributed by atoms with E-state index in [2.05, 4.69) is 20.3 Å². The van der Waals surface area contributed by atoms with Crippen molar-refractivity contribution in [2.75, 3.05) is 36.6 Å². The Kier molecular flexibility index (Phi) is 2.82. The van der Waals surface area contributed by atoms with Crippen LogP contribution in [0.5, 0.6) is 0 Å². The smallest absolute Gasteiger partial charge is 0.227 e. The second kappa shape index (κ2) is 4.46. The summed E-state index contributed by atoms with van der Waals surface area (Å²) in [6.07, 6.45) is 3.20. The molecular weight excluding hydrogens is 218 g/mol. The predicted octanol–water partition coefficient (Wildman–Crippen LogP) is 0.0875. The molecule has 6 nitrogen and oxygen atoms in total. The normalized spacial score (nSPS) is 19.2. The van der Waals surface area contributed by atoms with Crippen molar-refractivity contribution >= 4 is 11.8 Å². The van der Waals surface area contributed by atoms with Gasteiger partial charge in [0.2, 0.25) is 5.95 Å². The second-order valence-electron chi connectivity index (χ2n) is 4.39.